The van der Waals surface area contributed by atoms with Gasteiger partial charge >= 0.3 is 0 Å². The first-order valence-corrected chi connectivity index (χ1v) is 11.0. The molecule has 26 heavy (non-hydrogen) atoms. The van der Waals surface area contributed by atoms with Crippen LogP contribution in [0.3, 0.4) is 0 Å². The zero-order chi connectivity index (χ0) is 18.7. The minimum absolute atomic E-state index is 0.0442. The molecule has 5 nitrogen and oxygen atoms in total. The molecule has 1 aromatic carbocycles. The van der Waals surface area contributed by atoms with E-state index in [4.69, 9.17) is 11.6 Å². The molecule has 8 heteroatoms. The molecule has 1 saturated carbocycles. The molecule has 1 unspecified atom stereocenters. The predicted octanol–water partition coefficient (Wildman–Crippen LogP) is 3.33. The highest BCUT2D eigenvalue weighted by molar-refractivity contribution is 7.89. The quantitative estimate of drug-likeness (QED) is 0.840. The Balaban J connectivity index is 1.68. The number of benzene rings is 1. The van der Waals surface area contributed by atoms with Crippen molar-refractivity contribution in [3.05, 3.63) is 29.0 Å². The molecule has 1 N–H and O–H groups in total. The van der Waals surface area contributed by atoms with Crippen molar-refractivity contribution in [2.24, 2.45) is 5.92 Å². The monoisotopic (exact) mass is 402 g/mol. The second kappa shape index (κ2) is 8.23. The maximum atomic E-state index is 13.3. The summed E-state index contributed by atoms with van der Waals surface area (Å²) in [5.41, 5.74) is 0. The molecule has 3 rings (SSSR count). The number of amides is 1. The number of hydrogen-bond acceptors (Lipinski definition) is 3. The Kier molecular flexibility index (Phi) is 6.20. The molecule has 2 fully saturated rings. The summed E-state index contributed by atoms with van der Waals surface area (Å²) in [6.07, 6.45) is 6.75. The van der Waals surface area contributed by atoms with Crippen molar-refractivity contribution in [1.82, 2.24) is 9.62 Å². The van der Waals surface area contributed by atoms with E-state index < -0.39 is 15.8 Å². The molecule has 1 heterocycles. The lowest BCUT2D eigenvalue weighted by molar-refractivity contribution is -0.127. The van der Waals surface area contributed by atoms with E-state index in [1.807, 2.05) is 0 Å². The van der Waals surface area contributed by atoms with E-state index in [1.54, 1.807) is 0 Å². The number of carbonyl (C=O) groups is 1. The van der Waals surface area contributed by atoms with Gasteiger partial charge in [-0.2, -0.15) is 4.31 Å². The zero-order valence-corrected chi connectivity index (χ0v) is 16.2. The number of nitrogens with one attached hydrogen (secondary N) is 1. The van der Waals surface area contributed by atoms with Crippen molar-refractivity contribution in [3.63, 3.8) is 0 Å². The summed E-state index contributed by atoms with van der Waals surface area (Å²) in [5.74, 6) is -1.07. The van der Waals surface area contributed by atoms with Gasteiger partial charge in [0.15, 0.2) is 0 Å². The highest BCUT2D eigenvalue weighted by Gasteiger charge is 2.34. The summed E-state index contributed by atoms with van der Waals surface area (Å²) in [4.78, 5) is 12.5. The van der Waals surface area contributed by atoms with Gasteiger partial charge in [0.2, 0.25) is 15.9 Å². The minimum atomic E-state index is -3.80. The van der Waals surface area contributed by atoms with Gasteiger partial charge in [-0.3, -0.25) is 4.79 Å². The molecule has 0 bridgehead atoms. The highest BCUT2D eigenvalue weighted by Crippen LogP contribution is 2.27. The van der Waals surface area contributed by atoms with Crippen LogP contribution in [0.15, 0.2) is 23.1 Å². The van der Waals surface area contributed by atoms with Crippen LogP contribution in [0.5, 0.6) is 0 Å². The van der Waals surface area contributed by atoms with Gasteiger partial charge in [0.1, 0.15) is 5.82 Å². The highest BCUT2D eigenvalue weighted by atomic mass is 35.5. The van der Waals surface area contributed by atoms with E-state index in [0.717, 1.165) is 37.8 Å². The van der Waals surface area contributed by atoms with Crippen LogP contribution in [0.1, 0.15) is 44.9 Å². The van der Waals surface area contributed by atoms with E-state index in [0.29, 0.717) is 19.4 Å². The van der Waals surface area contributed by atoms with Crippen molar-refractivity contribution in [3.8, 4) is 0 Å². The van der Waals surface area contributed by atoms with Crippen LogP contribution in [0.4, 0.5) is 4.39 Å². The van der Waals surface area contributed by atoms with E-state index >= 15 is 0 Å². The summed E-state index contributed by atoms with van der Waals surface area (Å²) in [6, 6.07) is 3.59. The van der Waals surface area contributed by atoms with Crippen molar-refractivity contribution >= 4 is 27.5 Å². The Hall–Kier alpha value is -1.18. The molecule has 1 atom stereocenters. The largest absolute Gasteiger partial charge is 0.353 e. The number of rotatable bonds is 4. The van der Waals surface area contributed by atoms with Gasteiger partial charge in [0.25, 0.3) is 0 Å². The lowest BCUT2D eigenvalue weighted by Gasteiger charge is -2.32. The molecule has 0 spiro atoms. The lowest BCUT2D eigenvalue weighted by atomic mass is 9.93. The van der Waals surface area contributed by atoms with Crippen LogP contribution in [0, 0.1) is 11.7 Å². The fraction of sp³-hybridized carbons (Fsp3) is 0.611. The van der Waals surface area contributed by atoms with Crippen LogP contribution in [0.2, 0.25) is 5.02 Å². The second-order valence-electron chi connectivity index (χ2n) is 7.12. The molecule has 2 aliphatic rings. The summed E-state index contributed by atoms with van der Waals surface area (Å²) >= 11 is 5.72. The fourth-order valence-corrected chi connectivity index (χ4v) is 5.52. The van der Waals surface area contributed by atoms with Crippen LogP contribution in [0.25, 0.3) is 0 Å². The molecule has 1 amide bonds. The van der Waals surface area contributed by atoms with Gasteiger partial charge < -0.3 is 5.32 Å². The summed E-state index contributed by atoms with van der Waals surface area (Å²) in [7, 11) is -3.80. The number of carbonyl (C=O) groups excluding carboxylic acids is 1. The molecular formula is C18H24ClFN2O3S. The minimum Gasteiger partial charge on any atom is -0.353 e. The van der Waals surface area contributed by atoms with Gasteiger partial charge in [-0.1, -0.05) is 30.9 Å². The van der Waals surface area contributed by atoms with Gasteiger partial charge in [-0.15, -0.1) is 0 Å². The lowest BCUT2D eigenvalue weighted by Crippen LogP contribution is -2.47. The van der Waals surface area contributed by atoms with Crippen molar-refractivity contribution in [2.45, 2.75) is 55.9 Å². The van der Waals surface area contributed by atoms with Gasteiger partial charge in [0.05, 0.1) is 15.8 Å². The Morgan fingerprint density at radius 2 is 1.88 bits per heavy atom. The van der Waals surface area contributed by atoms with Gasteiger partial charge in [-0.05, 0) is 43.9 Å². The van der Waals surface area contributed by atoms with Crippen LogP contribution in [-0.2, 0) is 14.8 Å². The third-order valence-corrected chi connectivity index (χ3v) is 7.39. The molecule has 1 aromatic rings. The average molecular weight is 403 g/mol. The molecular weight excluding hydrogens is 379 g/mol. The maximum Gasteiger partial charge on any atom is 0.243 e. The number of piperidine rings is 1. The van der Waals surface area contributed by atoms with E-state index in [9.17, 15) is 17.6 Å². The van der Waals surface area contributed by atoms with Gasteiger partial charge in [-0.25, -0.2) is 12.8 Å². The molecule has 144 valence electrons. The Bertz CT molecular complexity index is 766. The summed E-state index contributed by atoms with van der Waals surface area (Å²) in [5, 5.41) is 2.86. The predicted molar refractivity (Wildman–Crippen MR) is 97.9 cm³/mol. The SMILES string of the molecule is O=C(NC1CCCCC1)C1CCCN(S(=O)(=O)c2ccc(F)c(Cl)c2)C1. The van der Waals surface area contributed by atoms with Crippen LogP contribution >= 0.6 is 11.6 Å². The topological polar surface area (TPSA) is 66.5 Å². The van der Waals surface area contributed by atoms with E-state index in [1.165, 1.54) is 16.8 Å². The first-order chi connectivity index (χ1) is 12.4. The van der Waals surface area contributed by atoms with Crippen LogP contribution < -0.4 is 5.32 Å². The standard InChI is InChI=1S/C18H24ClFN2O3S/c19-16-11-15(8-9-17(16)20)26(24,25)22-10-4-5-13(12-22)18(23)21-14-6-2-1-3-7-14/h8-9,11,13-14H,1-7,10,12H2,(H,21,23). The van der Waals surface area contributed by atoms with Crippen molar-refractivity contribution in [1.29, 1.82) is 0 Å². The zero-order valence-electron chi connectivity index (χ0n) is 14.6. The number of sulfonamides is 1. The third-order valence-electron chi connectivity index (χ3n) is 5.24. The number of nitrogens with zero attached hydrogens (tertiary/aromatic N) is 1. The first kappa shape index (κ1) is 19.6. The Labute approximate surface area is 158 Å². The molecule has 1 aliphatic heterocycles. The summed E-state index contributed by atoms with van der Waals surface area (Å²) < 4.78 is 40.3. The van der Waals surface area contributed by atoms with E-state index in [2.05, 4.69) is 5.32 Å². The number of halogens is 2. The average Bonchev–Trinajstić information content (AvgIpc) is 2.65. The number of hydrogen-bond donors (Lipinski definition) is 1. The molecule has 0 aromatic heterocycles. The molecule has 0 radical (unpaired) electrons. The van der Waals surface area contributed by atoms with E-state index in [-0.39, 0.29) is 34.3 Å². The fourth-order valence-electron chi connectivity index (χ4n) is 3.73. The van der Waals surface area contributed by atoms with Gasteiger partial charge in [0, 0.05) is 19.1 Å². The second-order valence-corrected chi connectivity index (χ2v) is 9.47. The first-order valence-electron chi connectivity index (χ1n) is 9.13. The van der Waals surface area contributed by atoms with Crippen LogP contribution in [-0.4, -0.2) is 37.8 Å². The Morgan fingerprint density at radius 1 is 1.15 bits per heavy atom. The molecule has 1 aliphatic carbocycles. The Morgan fingerprint density at radius 3 is 2.58 bits per heavy atom. The summed E-state index contributed by atoms with van der Waals surface area (Å²) in [6.45, 7) is 0.500. The van der Waals surface area contributed by atoms with Crippen molar-refractivity contribution < 1.29 is 17.6 Å². The van der Waals surface area contributed by atoms with Crippen molar-refractivity contribution in [2.75, 3.05) is 13.1 Å². The molecule has 1 saturated heterocycles. The maximum absolute atomic E-state index is 13.3. The third kappa shape index (κ3) is 4.38. The normalized spacial score (nSPS) is 22.9. The smallest absolute Gasteiger partial charge is 0.243 e.